The molecule has 35 heavy (non-hydrogen) atoms. The number of amides is 1. The molecule has 2 aliphatic carbocycles. The highest BCUT2D eigenvalue weighted by atomic mass is 16.5. The van der Waals surface area contributed by atoms with Gasteiger partial charge in [0.2, 0.25) is 0 Å². The first-order chi connectivity index (χ1) is 17.0. The molecule has 1 aromatic carbocycles. The summed E-state index contributed by atoms with van der Waals surface area (Å²) in [6, 6.07) is 8.34. The van der Waals surface area contributed by atoms with Gasteiger partial charge in [0, 0.05) is 18.7 Å². The smallest absolute Gasteiger partial charge is 0.324 e. The van der Waals surface area contributed by atoms with E-state index in [9.17, 15) is 14.7 Å². The molecule has 7 nitrogen and oxygen atoms in total. The van der Waals surface area contributed by atoms with Gasteiger partial charge in [-0.05, 0) is 80.7 Å². The third-order valence-electron chi connectivity index (χ3n) is 8.56. The first-order valence-electron chi connectivity index (χ1n) is 13.5. The highest BCUT2D eigenvalue weighted by Gasteiger charge is 2.53. The predicted molar refractivity (Wildman–Crippen MR) is 136 cm³/mol. The normalized spacial score (nSPS) is 22.9. The summed E-state index contributed by atoms with van der Waals surface area (Å²) < 4.78 is 0. The standard InChI is InChI=1S/C28H41N3O4/c32-26(30-35)15-14-21-10-12-22(13-11-21)20-31-18-16-25(17-19-31)29-28(27(33)34,24-8-4-5-9-24)23-6-2-1-3-7-23/h10-15,23-25,29,35H,1-9,16-20H2,(H,30,32)(H,33,34)/t28-/m1/s1. The predicted octanol–water partition coefficient (Wildman–Crippen LogP) is 4.35. The Kier molecular flexibility index (Phi) is 8.98. The Morgan fingerprint density at radius 1 is 0.914 bits per heavy atom. The molecule has 1 saturated heterocycles. The van der Waals surface area contributed by atoms with E-state index in [0.717, 1.165) is 89.4 Å². The van der Waals surface area contributed by atoms with E-state index in [1.807, 2.05) is 12.1 Å². The van der Waals surface area contributed by atoms with Crippen LogP contribution >= 0.6 is 0 Å². The number of likely N-dealkylation sites (tertiary alicyclic amines) is 1. The van der Waals surface area contributed by atoms with Crippen molar-refractivity contribution in [2.75, 3.05) is 13.1 Å². The van der Waals surface area contributed by atoms with Crippen LogP contribution in [0.15, 0.2) is 30.3 Å². The van der Waals surface area contributed by atoms with Gasteiger partial charge in [-0.2, -0.15) is 0 Å². The van der Waals surface area contributed by atoms with Gasteiger partial charge < -0.3 is 5.11 Å². The minimum absolute atomic E-state index is 0.255. The minimum atomic E-state index is -0.750. The molecule has 2 saturated carbocycles. The summed E-state index contributed by atoms with van der Waals surface area (Å²) in [5, 5.41) is 23.0. The quantitative estimate of drug-likeness (QED) is 0.237. The third-order valence-corrected chi connectivity index (χ3v) is 8.56. The highest BCUT2D eigenvalue weighted by molar-refractivity contribution is 5.90. The van der Waals surface area contributed by atoms with Gasteiger partial charge >= 0.3 is 5.97 Å². The van der Waals surface area contributed by atoms with Gasteiger partial charge in [-0.1, -0.05) is 56.4 Å². The van der Waals surface area contributed by atoms with Crippen LogP contribution < -0.4 is 10.8 Å². The van der Waals surface area contributed by atoms with Gasteiger partial charge in [-0.3, -0.25) is 25.0 Å². The maximum Gasteiger partial charge on any atom is 0.324 e. The van der Waals surface area contributed by atoms with Crippen LogP contribution in [0.3, 0.4) is 0 Å². The molecular weight excluding hydrogens is 442 g/mol. The summed E-state index contributed by atoms with van der Waals surface area (Å²) in [6.07, 6.45) is 15.0. The maximum absolute atomic E-state index is 12.9. The van der Waals surface area contributed by atoms with E-state index in [-0.39, 0.29) is 17.9 Å². The van der Waals surface area contributed by atoms with Crippen LogP contribution in [0.2, 0.25) is 0 Å². The second-order valence-corrected chi connectivity index (χ2v) is 10.7. The number of carboxylic acid groups (broad SMARTS) is 1. The van der Waals surface area contributed by atoms with Crippen molar-refractivity contribution in [1.82, 2.24) is 15.7 Å². The van der Waals surface area contributed by atoms with Crippen LogP contribution in [0.1, 0.15) is 81.8 Å². The molecule has 0 radical (unpaired) electrons. The number of carboxylic acids is 1. The lowest BCUT2D eigenvalue weighted by Crippen LogP contribution is -2.65. The number of nitrogens with zero attached hydrogens (tertiary/aromatic N) is 1. The highest BCUT2D eigenvalue weighted by Crippen LogP contribution is 2.44. The number of piperidine rings is 1. The number of hydrogen-bond acceptors (Lipinski definition) is 5. The average Bonchev–Trinajstić information content (AvgIpc) is 3.43. The van der Waals surface area contributed by atoms with Crippen molar-refractivity contribution in [2.45, 2.75) is 88.8 Å². The molecule has 0 spiro atoms. The number of hydroxylamine groups is 1. The topological polar surface area (TPSA) is 102 Å². The molecule has 1 aromatic rings. The molecule has 4 N–H and O–H groups in total. The Morgan fingerprint density at radius 3 is 2.03 bits per heavy atom. The number of carbonyl (C=O) groups is 2. The first-order valence-corrected chi connectivity index (χ1v) is 13.5. The maximum atomic E-state index is 12.9. The fraction of sp³-hybridized carbons (Fsp3) is 0.643. The van der Waals surface area contributed by atoms with E-state index in [0.29, 0.717) is 0 Å². The van der Waals surface area contributed by atoms with Crippen molar-refractivity contribution in [3.05, 3.63) is 41.5 Å². The minimum Gasteiger partial charge on any atom is -0.480 e. The van der Waals surface area contributed by atoms with Gasteiger partial charge in [-0.15, -0.1) is 0 Å². The number of rotatable bonds is 9. The second-order valence-electron chi connectivity index (χ2n) is 10.7. The van der Waals surface area contributed by atoms with Crippen LogP contribution in [0.25, 0.3) is 6.08 Å². The number of nitrogens with one attached hydrogen (secondary N) is 2. The van der Waals surface area contributed by atoms with Crippen LogP contribution in [-0.2, 0) is 16.1 Å². The molecular formula is C28H41N3O4. The van der Waals surface area contributed by atoms with E-state index in [1.165, 1.54) is 18.1 Å². The number of aliphatic carboxylic acids is 1. The number of carbonyl (C=O) groups excluding carboxylic acids is 1. The number of benzene rings is 1. The SMILES string of the molecule is O=C(C=Cc1ccc(CN2CCC(N[C@](C(=O)O)(C3CCCCC3)C3CCCC3)CC2)cc1)NO. The molecule has 7 heteroatoms. The van der Waals surface area contributed by atoms with Crippen molar-refractivity contribution in [1.29, 1.82) is 0 Å². The Bertz CT molecular complexity index is 867. The summed E-state index contributed by atoms with van der Waals surface area (Å²) >= 11 is 0. The fourth-order valence-corrected chi connectivity index (χ4v) is 6.69. The van der Waals surface area contributed by atoms with Crippen molar-refractivity contribution >= 4 is 18.0 Å². The van der Waals surface area contributed by atoms with Gasteiger partial charge in [0.1, 0.15) is 5.54 Å². The molecule has 0 aromatic heterocycles. The lowest BCUT2D eigenvalue weighted by Gasteiger charge is -2.47. The van der Waals surface area contributed by atoms with E-state index >= 15 is 0 Å². The third kappa shape index (κ3) is 6.32. The lowest BCUT2D eigenvalue weighted by atomic mass is 9.66. The zero-order valence-corrected chi connectivity index (χ0v) is 20.8. The first kappa shape index (κ1) is 25.9. The van der Waals surface area contributed by atoms with Crippen LogP contribution in [0, 0.1) is 11.8 Å². The zero-order valence-electron chi connectivity index (χ0n) is 20.8. The van der Waals surface area contributed by atoms with Crippen molar-refractivity contribution < 1.29 is 19.9 Å². The summed E-state index contributed by atoms with van der Waals surface area (Å²) in [6.45, 7) is 2.78. The molecule has 3 fully saturated rings. The summed E-state index contributed by atoms with van der Waals surface area (Å²) in [5.41, 5.74) is 2.96. The number of hydrogen-bond donors (Lipinski definition) is 4. The molecule has 0 bridgehead atoms. The summed E-state index contributed by atoms with van der Waals surface area (Å²) in [4.78, 5) is 26.5. The average molecular weight is 484 g/mol. The van der Waals surface area contributed by atoms with Crippen molar-refractivity contribution in [3.63, 3.8) is 0 Å². The summed E-state index contributed by atoms with van der Waals surface area (Å²) in [7, 11) is 0. The molecule has 0 unspecified atom stereocenters. The molecule has 4 rings (SSSR count). The van der Waals surface area contributed by atoms with E-state index < -0.39 is 17.4 Å². The van der Waals surface area contributed by atoms with Crippen LogP contribution in [0.5, 0.6) is 0 Å². The Labute approximate surface area is 208 Å². The van der Waals surface area contributed by atoms with Gasteiger partial charge in [0.15, 0.2) is 0 Å². The van der Waals surface area contributed by atoms with E-state index in [4.69, 9.17) is 5.21 Å². The summed E-state index contributed by atoms with van der Waals surface area (Å²) in [5.74, 6) is -0.638. The van der Waals surface area contributed by atoms with Crippen LogP contribution in [-0.4, -0.2) is 51.8 Å². The van der Waals surface area contributed by atoms with Gasteiger partial charge in [0.25, 0.3) is 5.91 Å². The largest absolute Gasteiger partial charge is 0.480 e. The van der Waals surface area contributed by atoms with Gasteiger partial charge in [-0.25, -0.2) is 5.48 Å². The van der Waals surface area contributed by atoms with Crippen molar-refractivity contribution in [2.24, 2.45) is 11.8 Å². The monoisotopic (exact) mass is 483 g/mol. The molecule has 1 atom stereocenters. The molecule has 1 amide bonds. The van der Waals surface area contributed by atoms with Gasteiger partial charge in [0.05, 0.1) is 0 Å². The Balaban J connectivity index is 1.35. The molecule has 3 aliphatic rings. The van der Waals surface area contributed by atoms with E-state index in [2.05, 4.69) is 22.3 Å². The van der Waals surface area contributed by atoms with E-state index in [1.54, 1.807) is 11.6 Å². The lowest BCUT2D eigenvalue weighted by molar-refractivity contribution is -0.153. The Morgan fingerprint density at radius 2 is 1.49 bits per heavy atom. The molecule has 1 aliphatic heterocycles. The molecule has 192 valence electrons. The Hall–Kier alpha value is -2.22. The zero-order chi connectivity index (χ0) is 24.7. The molecule has 1 heterocycles. The fourth-order valence-electron chi connectivity index (χ4n) is 6.69. The van der Waals surface area contributed by atoms with Crippen LogP contribution in [0.4, 0.5) is 0 Å². The van der Waals surface area contributed by atoms with Crippen molar-refractivity contribution in [3.8, 4) is 0 Å². The second kappa shape index (κ2) is 12.2.